The van der Waals surface area contributed by atoms with Gasteiger partial charge in [-0.1, -0.05) is 45.1 Å². The molecule has 1 aliphatic carbocycles. The highest BCUT2D eigenvalue weighted by Crippen LogP contribution is 2.05. The number of nitrogens with one attached hydrogen (secondary N) is 1. The van der Waals surface area contributed by atoms with Crippen molar-refractivity contribution < 1.29 is 14.3 Å². The Hall–Kier alpha value is -1.23. The lowest BCUT2D eigenvalue weighted by atomic mass is 10.1. The van der Waals surface area contributed by atoms with E-state index in [2.05, 4.69) is 18.8 Å². The second kappa shape index (κ2) is 29.7. The molecule has 0 unspecified atom stereocenters. The van der Waals surface area contributed by atoms with Crippen LogP contribution >= 0.6 is 0 Å². The van der Waals surface area contributed by atoms with Crippen molar-refractivity contribution in [2.24, 2.45) is 0 Å². The van der Waals surface area contributed by atoms with Gasteiger partial charge in [-0.25, -0.2) is 0 Å². The fourth-order valence-corrected chi connectivity index (χ4v) is 1.36. The summed E-state index contributed by atoms with van der Waals surface area (Å²) in [5.41, 5.74) is 0.816. The average Bonchev–Trinajstić information content (AvgIpc) is 2.64. The first-order chi connectivity index (χ1) is 11.8. The summed E-state index contributed by atoms with van der Waals surface area (Å²) in [7, 11) is 1.91. The van der Waals surface area contributed by atoms with Crippen molar-refractivity contribution in [2.45, 2.75) is 47.0 Å². The van der Waals surface area contributed by atoms with E-state index in [-0.39, 0.29) is 0 Å². The highest BCUT2D eigenvalue weighted by Gasteiger charge is 1.91. The molecule has 0 aromatic heterocycles. The van der Waals surface area contributed by atoms with E-state index in [0.717, 1.165) is 57.5 Å². The van der Waals surface area contributed by atoms with Crippen LogP contribution in [0.1, 0.15) is 47.0 Å². The van der Waals surface area contributed by atoms with Gasteiger partial charge < -0.3 is 14.8 Å². The van der Waals surface area contributed by atoms with Crippen LogP contribution in [0.3, 0.4) is 0 Å². The van der Waals surface area contributed by atoms with Gasteiger partial charge in [-0.3, -0.25) is 4.79 Å². The molecule has 0 aromatic rings. The van der Waals surface area contributed by atoms with Gasteiger partial charge in [0, 0.05) is 18.7 Å². The van der Waals surface area contributed by atoms with E-state index >= 15 is 0 Å². The Balaban J connectivity index is -0.000000296. The number of carbonyl (C=O) groups is 1. The number of hydrogen-bond donors (Lipinski definition) is 1. The zero-order valence-electron chi connectivity index (χ0n) is 16.5. The summed E-state index contributed by atoms with van der Waals surface area (Å²) < 4.78 is 10.5. The van der Waals surface area contributed by atoms with Crippen molar-refractivity contribution in [3.05, 3.63) is 36.5 Å². The lowest BCUT2D eigenvalue weighted by Gasteiger charge is -2.03. The molecule has 4 nitrogen and oxygen atoms in total. The molecule has 0 saturated heterocycles. The lowest BCUT2D eigenvalue weighted by Crippen LogP contribution is -2.16. The fourth-order valence-electron chi connectivity index (χ4n) is 1.36. The monoisotopic (exact) mass is 341 g/mol. The van der Waals surface area contributed by atoms with E-state index in [1.165, 1.54) is 0 Å². The van der Waals surface area contributed by atoms with E-state index in [1.807, 2.05) is 46.0 Å². The standard InChI is InChI=1S/C8H19NO2.C7H8O.C3H6.C2H6/c1-3-5-10-7-8-11-6-4-9-2;8-6-7-4-2-1-3-5-7;1-3-2;1-2/h9H,3-8H2,1-2H3;2,4-6H,1,3H2;3H,1H2,2H3;1-2H3. The topological polar surface area (TPSA) is 47.6 Å². The minimum Gasteiger partial charge on any atom is -0.379 e. The molecular weight excluding hydrogens is 302 g/mol. The quantitative estimate of drug-likeness (QED) is 0.385. The van der Waals surface area contributed by atoms with Crippen molar-refractivity contribution in [3.63, 3.8) is 0 Å². The smallest absolute Gasteiger partial charge is 0.149 e. The van der Waals surface area contributed by atoms with Crippen LogP contribution in [0.5, 0.6) is 0 Å². The maximum atomic E-state index is 10.0. The summed E-state index contributed by atoms with van der Waals surface area (Å²) in [6.07, 6.45) is 11.6. The largest absolute Gasteiger partial charge is 0.379 e. The van der Waals surface area contributed by atoms with Gasteiger partial charge in [0.25, 0.3) is 0 Å². The number of hydrogen-bond acceptors (Lipinski definition) is 4. The van der Waals surface area contributed by atoms with Gasteiger partial charge in [0.15, 0.2) is 0 Å². The van der Waals surface area contributed by atoms with Crippen molar-refractivity contribution in [3.8, 4) is 0 Å². The molecular formula is C20H39NO3. The molecule has 0 saturated carbocycles. The lowest BCUT2D eigenvalue weighted by molar-refractivity contribution is -0.104. The average molecular weight is 342 g/mol. The molecule has 0 amide bonds. The van der Waals surface area contributed by atoms with Crippen LogP contribution in [-0.2, 0) is 14.3 Å². The SMILES string of the molecule is C=CC.CC.CCCOCCOCCNC.O=CC1=CCCC=C1. The van der Waals surface area contributed by atoms with Gasteiger partial charge in [0.1, 0.15) is 6.29 Å². The Kier molecular flexibility index (Phi) is 34.2. The Morgan fingerprint density at radius 2 is 1.75 bits per heavy atom. The molecule has 0 atom stereocenters. The Bertz CT molecular complexity index is 291. The second-order valence-electron chi connectivity index (χ2n) is 4.54. The highest BCUT2D eigenvalue weighted by atomic mass is 16.5. The molecule has 1 N–H and O–H groups in total. The van der Waals surface area contributed by atoms with E-state index < -0.39 is 0 Å². The molecule has 1 aliphatic rings. The number of carbonyl (C=O) groups excluding carboxylic acids is 1. The molecule has 0 heterocycles. The van der Waals surface area contributed by atoms with Crippen molar-refractivity contribution in [2.75, 3.05) is 40.0 Å². The zero-order chi connectivity index (χ0) is 18.9. The van der Waals surface area contributed by atoms with Crippen LogP contribution in [0.4, 0.5) is 0 Å². The number of aldehydes is 1. The van der Waals surface area contributed by atoms with E-state index in [0.29, 0.717) is 6.61 Å². The van der Waals surface area contributed by atoms with Crippen molar-refractivity contribution >= 4 is 6.29 Å². The highest BCUT2D eigenvalue weighted by molar-refractivity contribution is 5.77. The van der Waals surface area contributed by atoms with Crippen molar-refractivity contribution in [1.82, 2.24) is 5.32 Å². The summed E-state index contributed by atoms with van der Waals surface area (Å²) in [6, 6.07) is 0. The van der Waals surface area contributed by atoms with Crippen LogP contribution in [0.15, 0.2) is 36.5 Å². The molecule has 0 spiro atoms. The van der Waals surface area contributed by atoms with Crippen LogP contribution < -0.4 is 5.32 Å². The van der Waals surface area contributed by atoms with Gasteiger partial charge in [0.2, 0.25) is 0 Å². The maximum Gasteiger partial charge on any atom is 0.149 e. The Labute approximate surface area is 150 Å². The Morgan fingerprint density at radius 1 is 1.17 bits per heavy atom. The van der Waals surface area contributed by atoms with Crippen LogP contribution in [0.2, 0.25) is 0 Å². The normalized spacial score (nSPS) is 11.5. The third kappa shape index (κ3) is 28.9. The minimum atomic E-state index is 0.710. The molecule has 0 radical (unpaired) electrons. The van der Waals surface area contributed by atoms with Gasteiger partial charge in [-0.05, 0) is 33.2 Å². The minimum absolute atomic E-state index is 0.710. The zero-order valence-corrected chi connectivity index (χ0v) is 16.5. The predicted molar refractivity (Wildman–Crippen MR) is 106 cm³/mol. The first-order valence-corrected chi connectivity index (χ1v) is 8.95. The molecule has 0 aliphatic heterocycles. The van der Waals surface area contributed by atoms with Crippen molar-refractivity contribution in [1.29, 1.82) is 0 Å². The number of ether oxygens (including phenoxy) is 2. The van der Waals surface area contributed by atoms with Crippen LogP contribution in [0, 0.1) is 0 Å². The third-order valence-corrected chi connectivity index (χ3v) is 2.38. The molecule has 4 heteroatoms. The first kappa shape index (κ1) is 27.6. The van der Waals surface area contributed by atoms with Gasteiger partial charge in [0.05, 0.1) is 19.8 Å². The van der Waals surface area contributed by atoms with E-state index in [1.54, 1.807) is 6.08 Å². The predicted octanol–water partition coefficient (Wildman–Crippen LogP) is 4.33. The molecule has 0 fully saturated rings. The second-order valence-corrected chi connectivity index (χ2v) is 4.54. The van der Waals surface area contributed by atoms with E-state index in [9.17, 15) is 4.79 Å². The molecule has 142 valence electrons. The van der Waals surface area contributed by atoms with Crippen LogP contribution in [-0.4, -0.2) is 46.3 Å². The molecule has 1 rings (SSSR count). The summed E-state index contributed by atoms with van der Waals surface area (Å²) in [5.74, 6) is 0. The maximum absolute atomic E-state index is 10.0. The van der Waals surface area contributed by atoms with Gasteiger partial charge in [-0.15, -0.1) is 6.58 Å². The van der Waals surface area contributed by atoms with E-state index in [4.69, 9.17) is 9.47 Å². The number of rotatable bonds is 9. The molecule has 0 aromatic carbocycles. The number of allylic oxidation sites excluding steroid dienone is 5. The number of likely N-dealkylation sites (N-methyl/N-ethyl adjacent to an activating group) is 1. The summed E-state index contributed by atoms with van der Waals surface area (Å²) >= 11 is 0. The summed E-state index contributed by atoms with van der Waals surface area (Å²) in [5, 5.41) is 3.00. The fraction of sp³-hybridized carbons (Fsp3) is 0.650. The van der Waals surface area contributed by atoms with Gasteiger partial charge >= 0.3 is 0 Å². The first-order valence-electron chi connectivity index (χ1n) is 8.95. The third-order valence-electron chi connectivity index (χ3n) is 2.38. The molecule has 24 heavy (non-hydrogen) atoms. The molecule has 0 bridgehead atoms. The summed E-state index contributed by atoms with van der Waals surface area (Å²) in [6.45, 7) is 15.3. The Morgan fingerprint density at radius 3 is 2.12 bits per heavy atom. The summed E-state index contributed by atoms with van der Waals surface area (Å²) in [4.78, 5) is 10.0. The van der Waals surface area contributed by atoms with Crippen LogP contribution in [0.25, 0.3) is 0 Å². The van der Waals surface area contributed by atoms with Gasteiger partial charge in [-0.2, -0.15) is 0 Å².